The zero-order valence-electron chi connectivity index (χ0n) is 12.2. The van der Waals surface area contributed by atoms with Gasteiger partial charge in [-0.1, -0.05) is 36.2 Å². The first-order valence-corrected chi connectivity index (χ1v) is 9.30. The Morgan fingerprint density at radius 3 is 2.40 bits per heavy atom. The van der Waals surface area contributed by atoms with Crippen LogP contribution in [0.2, 0.25) is 0 Å². The van der Waals surface area contributed by atoms with E-state index in [0.717, 1.165) is 23.7 Å². The SMILES string of the molecule is CNC1C(S(=O)(=O)c2ccc(Br)cc2)CCCC1(C)C. The van der Waals surface area contributed by atoms with Crippen LogP contribution in [-0.2, 0) is 9.84 Å². The van der Waals surface area contributed by atoms with Gasteiger partial charge in [0, 0.05) is 10.5 Å². The van der Waals surface area contributed by atoms with Gasteiger partial charge in [0.1, 0.15) is 0 Å². The number of sulfone groups is 1. The van der Waals surface area contributed by atoms with Gasteiger partial charge in [0.05, 0.1) is 10.1 Å². The highest BCUT2D eigenvalue weighted by Crippen LogP contribution is 2.40. The summed E-state index contributed by atoms with van der Waals surface area (Å²) in [6.45, 7) is 4.30. The van der Waals surface area contributed by atoms with Crippen molar-refractivity contribution in [3.8, 4) is 0 Å². The molecule has 0 heterocycles. The third-order valence-electron chi connectivity index (χ3n) is 4.38. The first-order valence-electron chi connectivity index (χ1n) is 6.96. The molecule has 1 aliphatic carbocycles. The van der Waals surface area contributed by atoms with Gasteiger partial charge in [0.15, 0.2) is 9.84 Å². The Bertz CT molecular complexity index is 566. The van der Waals surface area contributed by atoms with Crippen LogP contribution in [0.3, 0.4) is 0 Å². The second kappa shape index (κ2) is 5.78. The summed E-state index contributed by atoms with van der Waals surface area (Å²) in [6, 6.07) is 6.94. The number of nitrogens with one attached hydrogen (secondary N) is 1. The van der Waals surface area contributed by atoms with Crippen LogP contribution in [-0.4, -0.2) is 26.8 Å². The molecule has 2 rings (SSSR count). The molecule has 5 heteroatoms. The first-order chi connectivity index (χ1) is 9.29. The average Bonchev–Trinajstić information content (AvgIpc) is 2.37. The molecule has 0 spiro atoms. The Hall–Kier alpha value is -0.390. The van der Waals surface area contributed by atoms with Crippen molar-refractivity contribution >= 4 is 25.8 Å². The molecule has 0 radical (unpaired) electrons. The molecule has 2 atom stereocenters. The molecular weight excluding hydrogens is 338 g/mol. The van der Waals surface area contributed by atoms with Gasteiger partial charge in [0.25, 0.3) is 0 Å². The van der Waals surface area contributed by atoms with Crippen molar-refractivity contribution in [3.63, 3.8) is 0 Å². The average molecular weight is 360 g/mol. The summed E-state index contributed by atoms with van der Waals surface area (Å²) in [5.41, 5.74) is 0.0000996. The normalized spacial score (nSPS) is 26.4. The van der Waals surface area contributed by atoms with E-state index in [0.29, 0.717) is 4.90 Å². The van der Waals surface area contributed by atoms with Gasteiger partial charge in [0.2, 0.25) is 0 Å². The molecule has 1 aliphatic rings. The predicted octanol–water partition coefficient (Wildman–Crippen LogP) is 3.39. The van der Waals surface area contributed by atoms with E-state index in [2.05, 4.69) is 35.1 Å². The molecule has 1 saturated carbocycles. The van der Waals surface area contributed by atoms with Gasteiger partial charge >= 0.3 is 0 Å². The summed E-state index contributed by atoms with van der Waals surface area (Å²) in [5, 5.41) is 2.89. The zero-order valence-corrected chi connectivity index (χ0v) is 14.6. The minimum absolute atomic E-state index is 0.0000996. The van der Waals surface area contributed by atoms with E-state index in [9.17, 15) is 8.42 Å². The van der Waals surface area contributed by atoms with Gasteiger partial charge in [-0.15, -0.1) is 0 Å². The molecule has 0 aromatic heterocycles. The van der Waals surface area contributed by atoms with Crippen LogP contribution in [0.25, 0.3) is 0 Å². The van der Waals surface area contributed by atoms with Crippen molar-refractivity contribution in [1.82, 2.24) is 5.32 Å². The largest absolute Gasteiger partial charge is 0.315 e. The lowest BCUT2D eigenvalue weighted by molar-refractivity contribution is 0.178. The Balaban J connectivity index is 2.39. The Labute approximate surface area is 130 Å². The van der Waals surface area contributed by atoms with Crippen LogP contribution in [0.5, 0.6) is 0 Å². The molecule has 0 bridgehead atoms. The molecule has 1 N–H and O–H groups in total. The second-order valence-electron chi connectivity index (χ2n) is 6.18. The Morgan fingerprint density at radius 1 is 1.25 bits per heavy atom. The van der Waals surface area contributed by atoms with Crippen LogP contribution >= 0.6 is 15.9 Å². The molecule has 20 heavy (non-hydrogen) atoms. The van der Waals surface area contributed by atoms with E-state index in [4.69, 9.17) is 0 Å². The quantitative estimate of drug-likeness (QED) is 0.899. The van der Waals surface area contributed by atoms with Crippen LogP contribution in [0.4, 0.5) is 0 Å². The Morgan fingerprint density at radius 2 is 1.85 bits per heavy atom. The standard InChI is InChI=1S/C15H22BrNO2S/c1-15(2)10-4-5-13(14(15)17-3)20(18,19)12-8-6-11(16)7-9-12/h6-9,13-14,17H,4-5,10H2,1-3H3. The highest BCUT2D eigenvalue weighted by atomic mass is 79.9. The highest BCUT2D eigenvalue weighted by Gasteiger charge is 2.44. The first kappa shape index (κ1) is 16.0. The van der Waals surface area contributed by atoms with Gasteiger partial charge in [-0.2, -0.15) is 0 Å². The lowest BCUT2D eigenvalue weighted by Gasteiger charge is -2.43. The third-order valence-corrected chi connectivity index (χ3v) is 7.14. The number of hydrogen-bond donors (Lipinski definition) is 1. The van der Waals surface area contributed by atoms with Crippen LogP contribution in [0.1, 0.15) is 33.1 Å². The van der Waals surface area contributed by atoms with Crippen LogP contribution < -0.4 is 5.32 Å². The van der Waals surface area contributed by atoms with E-state index in [1.165, 1.54) is 0 Å². The van der Waals surface area contributed by atoms with E-state index in [1.807, 2.05) is 7.05 Å². The number of rotatable bonds is 3. The van der Waals surface area contributed by atoms with E-state index in [-0.39, 0.29) is 16.7 Å². The monoisotopic (exact) mass is 359 g/mol. The topological polar surface area (TPSA) is 46.2 Å². The summed E-state index contributed by atoms with van der Waals surface area (Å²) in [4.78, 5) is 0.420. The predicted molar refractivity (Wildman–Crippen MR) is 85.6 cm³/mol. The van der Waals surface area contributed by atoms with Crippen LogP contribution in [0.15, 0.2) is 33.6 Å². The minimum Gasteiger partial charge on any atom is -0.315 e. The van der Waals surface area contributed by atoms with Crippen molar-refractivity contribution in [2.75, 3.05) is 7.05 Å². The molecular formula is C15H22BrNO2S. The third kappa shape index (κ3) is 2.95. The fourth-order valence-corrected chi connectivity index (χ4v) is 5.76. The minimum atomic E-state index is -3.29. The van der Waals surface area contributed by atoms with Crippen molar-refractivity contribution < 1.29 is 8.42 Å². The molecule has 2 unspecified atom stereocenters. The summed E-state index contributed by atoms with van der Waals surface area (Å²) in [5.74, 6) is 0. The maximum absolute atomic E-state index is 12.9. The second-order valence-corrected chi connectivity index (χ2v) is 9.27. The number of halogens is 1. The molecule has 3 nitrogen and oxygen atoms in total. The number of hydrogen-bond acceptors (Lipinski definition) is 3. The molecule has 1 fully saturated rings. The number of benzene rings is 1. The zero-order chi connectivity index (χ0) is 15.0. The van der Waals surface area contributed by atoms with E-state index in [1.54, 1.807) is 24.3 Å². The fourth-order valence-electron chi connectivity index (χ4n) is 3.29. The molecule has 0 amide bonds. The van der Waals surface area contributed by atoms with Gasteiger partial charge in [-0.05, 0) is 49.6 Å². The van der Waals surface area contributed by atoms with E-state index >= 15 is 0 Å². The maximum atomic E-state index is 12.9. The summed E-state index contributed by atoms with van der Waals surface area (Å²) >= 11 is 3.34. The fraction of sp³-hybridized carbons (Fsp3) is 0.600. The Kier molecular flexibility index (Phi) is 4.62. The van der Waals surface area contributed by atoms with Gasteiger partial charge < -0.3 is 5.32 Å². The smallest absolute Gasteiger partial charge is 0.182 e. The van der Waals surface area contributed by atoms with Gasteiger partial charge in [-0.25, -0.2) is 8.42 Å². The summed E-state index contributed by atoms with van der Waals surface area (Å²) in [7, 11) is -1.43. The van der Waals surface area contributed by atoms with Crippen molar-refractivity contribution in [2.45, 2.75) is 49.3 Å². The maximum Gasteiger partial charge on any atom is 0.182 e. The molecule has 0 aliphatic heterocycles. The molecule has 1 aromatic rings. The lowest BCUT2D eigenvalue weighted by Crippen LogP contribution is -2.54. The van der Waals surface area contributed by atoms with Crippen molar-refractivity contribution in [2.24, 2.45) is 5.41 Å². The highest BCUT2D eigenvalue weighted by molar-refractivity contribution is 9.10. The van der Waals surface area contributed by atoms with Crippen molar-refractivity contribution in [3.05, 3.63) is 28.7 Å². The van der Waals surface area contributed by atoms with Crippen LogP contribution in [0, 0.1) is 5.41 Å². The van der Waals surface area contributed by atoms with Gasteiger partial charge in [-0.3, -0.25) is 0 Å². The molecule has 1 aromatic carbocycles. The molecule has 0 saturated heterocycles. The summed E-state index contributed by atoms with van der Waals surface area (Å²) < 4.78 is 26.7. The lowest BCUT2D eigenvalue weighted by atomic mass is 9.73. The van der Waals surface area contributed by atoms with Crippen molar-refractivity contribution in [1.29, 1.82) is 0 Å². The van der Waals surface area contributed by atoms with E-state index < -0.39 is 9.84 Å². The molecule has 112 valence electrons. The summed E-state index contributed by atoms with van der Waals surface area (Å²) in [6.07, 6.45) is 2.75.